The fraction of sp³-hybridized carbons (Fsp3) is 0.667. The molecule has 1 aromatic heterocycles. The highest BCUT2D eigenvalue weighted by atomic mass is 16.5. The van der Waals surface area contributed by atoms with Crippen LogP contribution in [-0.4, -0.2) is 13.2 Å². The van der Waals surface area contributed by atoms with E-state index in [9.17, 15) is 0 Å². The van der Waals surface area contributed by atoms with Crippen molar-refractivity contribution in [1.82, 2.24) is 5.32 Å². The molecule has 0 saturated heterocycles. The standard InChI is InChI=1S/C12H19NO2/c1-2-13-7-11-5-6-12(15-11)9-14-8-10-3-4-10/h5-6,10,13H,2-4,7-9H2,1H3. The van der Waals surface area contributed by atoms with Crippen molar-refractivity contribution < 1.29 is 9.15 Å². The second kappa shape index (κ2) is 5.33. The Hall–Kier alpha value is -0.800. The Morgan fingerprint density at radius 3 is 2.93 bits per heavy atom. The first kappa shape index (κ1) is 10.7. The van der Waals surface area contributed by atoms with Crippen LogP contribution in [0, 0.1) is 5.92 Å². The Kier molecular flexibility index (Phi) is 3.80. The monoisotopic (exact) mass is 209 g/mol. The topological polar surface area (TPSA) is 34.4 Å². The van der Waals surface area contributed by atoms with Crippen molar-refractivity contribution >= 4 is 0 Å². The van der Waals surface area contributed by atoms with E-state index in [1.54, 1.807) is 0 Å². The average Bonchev–Trinajstić information content (AvgIpc) is 2.95. The maximum Gasteiger partial charge on any atom is 0.129 e. The molecule has 0 amide bonds. The van der Waals surface area contributed by atoms with Gasteiger partial charge in [-0.15, -0.1) is 0 Å². The summed E-state index contributed by atoms with van der Waals surface area (Å²) in [4.78, 5) is 0. The van der Waals surface area contributed by atoms with Crippen LogP contribution in [0.15, 0.2) is 16.5 Å². The van der Waals surface area contributed by atoms with E-state index in [-0.39, 0.29) is 0 Å². The van der Waals surface area contributed by atoms with E-state index < -0.39 is 0 Å². The minimum atomic E-state index is 0.614. The molecule has 0 bridgehead atoms. The van der Waals surface area contributed by atoms with E-state index in [1.165, 1.54) is 12.8 Å². The molecule has 84 valence electrons. The van der Waals surface area contributed by atoms with Crippen molar-refractivity contribution in [3.63, 3.8) is 0 Å². The minimum absolute atomic E-state index is 0.614. The third kappa shape index (κ3) is 3.68. The van der Waals surface area contributed by atoms with Gasteiger partial charge < -0.3 is 14.5 Å². The molecule has 1 saturated carbocycles. The molecule has 0 spiro atoms. The summed E-state index contributed by atoms with van der Waals surface area (Å²) < 4.78 is 11.1. The maximum atomic E-state index is 5.60. The molecule has 1 aromatic rings. The van der Waals surface area contributed by atoms with E-state index in [2.05, 4.69) is 12.2 Å². The molecule has 1 aliphatic carbocycles. The van der Waals surface area contributed by atoms with Crippen LogP contribution in [0.2, 0.25) is 0 Å². The third-order valence-electron chi connectivity index (χ3n) is 2.56. The zero-order valence-electron chi connectivity index (χ0n) is 9.29. The van der Waals surface area contributed by atoms with Crippen LogP contribution in [0.4, 0.5) is 0 Å². The first-order valence-corrected chi connectivity index (χ1v) is 5.74. The van der Waals surface area contributed by atoms with Gasteiger partial charge in [0, 0.05) is 6.61 Å². The molecule has 3 heteroatoms. The number of nitrogens with one attached hydrogen (secondary N) is 1. The Balaban J connectivity index is 1.68. The zero-order chi connectivity index (χ0) is 10.5. The molecule has 0 atom stereocenters. The van der Waals surface area contributed by atoms with E-state index in [1.807, 2.05) is 12.1 Å². The SMILES string of the molecule is CCNCc1ccc(COCC2CC2)o1. The summed E-state index contributed by atoms with van der Waals surface area (Å²) in [5.41, 5.74) is 0. The summed E-state index contributed by atoms with van der Waals surface area (Å²) >= 11 is 0. The molecule has 0 unspecified atom stereocenters. The molecule has 1 heterocycles. The Morgan fingerprint density at radius 2 is 2.20 bits per heavy atom. The molecule has 0 radical (unpaired) electrons. The Bertz CT molecular complexity index is 292. The summed E-state index contributed by atoms with van der Waals surface area (Å²) in [6, 6.07) is 4.01. The Labute approximate surface area is 90.8 Å². The van der Waals surface area contributed by atoms with Gasteiger partial charge in [0.15, 0.2) is 0 Å². The van der Waals surface area contributed by atoms with Gasteiger partial charge >= 0.3 is 0 Å². The predicted molar refractivity (Wildman–Crippen MR) is 58.5 cm³/mol. The number of hydrogen-bond donors (Lipinski definition) is 1. The number of hydrogen-bond acceptors (Lipinski definition) is 3. The molecular weight excluding hydrogens is 190 g/mol. The molecular formula is C12H19NO2. The highest BCUT2D eigenvalue weighted by Gasteiger charge is 2.21. The van der Waals surface area contributed by atoms with E-state index >= 15 is 0 Å². The smallest absolute Gasteiger partial charge is 0.129 e. The van der Waals surface area contributed by atoms with Crippen LogP contribution in [-0.2, 0) is 17.9 Å². The van der Waals surface area contributed by atoms with Crippen molar-refractivity contribution in [3.05, 3.63) is 23.7 Å². The van der Waals surface area contributed by atoms with Gasteiger partial charge in [0.25, 0.3) is 0 Å². The van der Waals surface area contributed by atoms with Crippen molar-refractivity contribution in [3.8, 4) is 0 Å². The van der Waals surface area contributed by atoms with Crippen LogP contribution >= 0.6 is 0 Å². The van der Waals surface area contributed by atoms with Gasteiger partial charge in [0.2, 0.25) is 0 Å². The third-order valence-corrected chi connectivity index (χ3v) is 2.56. The second-order valence-electron chi connectivity index (χ2n) is 4.11. The van der Waals surface area contributed by atoms with Crippen molar-refractivity contribution in [2.24, 2.45) is 5.92 Å². The minimum Gasteiger partial charge on any atom is -0.462 e. The molecule has 15 heavy (non-hydrogen) atoms. The summed E-state index contributed by atoms with van der Waals surface area (Å²) in [6.07, 6.45) is 2.67. The van der Waals surface area contributed by atoms with Crippen molar-refractivity contribution in [1.29, 1.82) is 0 Å². The highest BCUT2D eigenvalue weighted by molar-refractivity contribution is 5.06. The second-order valence-corrected chi connectivity index (χ2v) is 4.11. The van der Waals surface area contributed by atoms with Gasteiger partial charge in [-0.2, -0.15) is 0 Å². The molecule has 1 N–H and O–H groups in total. The zero-order valence-corrected chi connectivity index (χ0v) is 9.29. The first-order valence-electron chi connectivity index (χ1n) is 5.74. The van der Waals surface area contributed by atoms with Crippen LogP contribution in [0.1, 0.15) is 31.3 Å². The van der Waals surface area contributed by atoms with E-state index in [0.29, 0.717) is 6.61 Å². The average molecular weight is 209 g/mol. The van der Waals surface area contributed by atoms with Gasteiger partial charge in [-0.05, 0) is 37.4 Å². The number of rotatable bonds is 7. The Morgan fingerprint density at radius 1 is 1.40 bits per heavy atom. The van der Waals surface area contributed by atoms with Crippen LogP contribution in [0.3, 0.4) is 0 Å². The normalized spacial score (nSPS) is 15.8. The summed E-state index contributed by atoms with van der Waals surface area (Å²) in [7, 11) is 0. The maximum absolute atomic E-state index is 5.60. The lowest BCUT2D eigenvalue weighted by Gasteiger charge is -2.00. The molecule has 1 fully saturated rings. The molecule has 0 aliphatic heterocycles. The van der Waals surface area contributed by atoms with Gasteiger partial charge in [-0.3, -0.25) is 0 Å². The van der Waals surface area contributed by atoms with Gasteiger partial charge in [-0.25, -0.2) is 0 Å². The fourth-order valence-corrected chi connectivity index (χ4v) is 1.45. The van der Waals surface area contributed by atoms with E-state index in [4.69, 9.17) is 9.15 Å². The summed E-state index contributed by atoms with van der Waals surface area (Å²) in [5.74, 6) is 2.74. The first-order chi connectivity index (χ1) is 7.38. The highest BCUT2D eigenvalue weighted by Crippen LogP contribution is 2.29. The molecule has 0 aromatic carbocycles. The molecule has 2 rings (SSSR count). The summed E-state index contributed by atoms with van der Waals surface area (Å²) in [5, 5.41) is 3.23. The number of furan rings is 1. The summed E-state index contributed by atoms with van der Waals surface area (Å²) in [6.45, 7) is 5.36. The van der Waals surface area contributed by atoms with Gasteiger partial charge in [-0.1, -0.05) is 6.92 Å². The molecule has 1 aliphatic rings. The van der Waals surface area contributed by atoms with Crippen LogP contribution in [0.25, 0.3) is 0 Å². The lowest BCUT2D eigenvalue weighted by atomic mass is 10.4. The van der Waals surface area contributed by atoms with Crippen molar-refractivity contribution in [2.45, 2.75) is 32.9 Å². The van der Waals surface area contributed by atoms with Crippen molar-refractivity contribution in [2.75, 3.05) is 13.2 Å². The van der Waals surface area contributed by atoms with Crippen LogP contribution in [0.5, 0.6) is 0 Å². The fourth-order valence-electron chi connectivity index (χ4n) is 1.45. The quantitative estimate of drug-likeness (QED) is 0.748. The molecule has 3 nitrogen and oxygen atoms in total. The predicted octanol–water partition coefficient (Wildman–Crippen LogP) is 2.32. The lowest BCUT2D eigenvalue weighted by molar-refractivity contribution is 0.0963. The van der Waals surface area contributed by atoms with Gasteiger partial charge in [0.1, 0.15) is 18.1 Å². The number of ether oxygens (including phenoxy) is 1. The van der Waals surface area contributed by atoms with Crippen LogP contribution < -0.4 is 5.32 Å². The largest absolute Gasteiger partial charge is 0.462 e. The lowest BCUT2D eigenvalue weighted by Crippen LogP contribution is -2.10. The van der Waals surface area contributed by atoms with Gasteiger partial charge in [0.05, 0.1) is 6.54 Å². The van der Waals surface area contributed by atoms with E-state index in [0.717, 1.165) is 37.1 Å².